The van der Waals surface area contributed by atoms with Gasteiger partial charge in [0.2, 0.25) is 5.88 Å². The molecular formula is C9H13N3OS. The Labute approximate surface area is 87.6 Å². The Bertz CT molecular complexity index is 328. The number of ether oxygens (including phenoxy) is 1. The van der Waals surface area contributed by atoms with E-state index < -0.39 is 0 Å². The fourth-order valence-corrected chi connectivity index (χ4v) is 1.19. The van der Waals surface area contributed by atoms with E-state index in [2.05, 4.69) is 9.97 Å². The van der Waals surface area contributed by atoms with E-state index in [1.807, 2.05) is 25.3 Å². The van der Waals surface area contributed by atoms with E-state index in [1.54, 1.807) is 6.07 Å². The molecule has 0 spiro atoms. The molecular weight excluding hydrogens is 198 g/mol. The highest BCUT2D eigenvalue weighted by Crippen LogP contribution is 2.16. The Morgan fingerprint density at radius 1 is 1.57 bits per heavy atom. The molecule has 0 saturated heterocycles. The second-order valence-electron chi connectivity index (χ2n) is 2.50. The number of rotatable bonds is 4. The van der Waals surface area contributed by atoms with Crippen LogP contribution in [0.1, 0.15) is 6.92 Å². The number of aromatic nitrogens is 2. The third-order valence-corrected chi connectivity index (χ3v) is 2.00. The number of nitrogens with two attached hydrogens (primary N) is 1. The molecule has 0 aromatic carbocycles. The molecule has 4 nitrogen and oxygen atoms in total. The molecule has 0 unspecified atom stereocenters. The van der Waals surface area contributed by atoms with Crippen LogP contribution in [0.4, 0.5) is 5.82 Å². The van der Waals surface area contributed by atoms with Gasteiger partial charge < -0.3 is 10.5 Å². The first kappa shape index (κ1) is 10.8. The summed E-state index contributed by atoms with van der Waals surface area (Å²) in [7, 11) is 0. The molecule has 1 aromatic heterocycles. The molecule has 0 aliphatic heterocycles. The molecule has 0 aliphatic rings. The SMILES string of the molecule is C/C=C/COc1cc(N)nc(SC)n1. The molecule has 1 heterocycles. The van der Waals surface area contributed by atoms with E-state index in [0.29, 0.717) is 23.5 Å². The molecule has 1 aromatic rings. The van der Waals surface area contributed by atoms with Crippen LogP contribution >= 0.6 is 11.8 Å². The lowest BCUT2D eigenvalue weighted by Gasteiger charge is -2.04. The first-order valence-electron chi connectivity index (χ1n) is 4.18. The van der Waals surface area contributed by atoms with Gasteiger partial charge in [-0.1, -0.05) is 23.9 Å². The molecule has 0 atom stereocenters. The minimum Gasteiger partial charge on any atom is -0.473 e. The highest BCUT2D eigenvalue weighted by Gasteiger charge is 2.01. The van der Waals surface area contributed by atoms with Crippen molar-refractivity contribution in [2.45, 2.75) is 12.1 Å². The summed E-state index contributed by atoms with van der Waals surface area (Å²) in [4.78, 5) is 8.15. The van der Waals surface area contributed by atoms with Gasteiger partial charge in [-0.3, -0.25) is 0 Å². The van der Waals surface area contributed by atoms with Crippen LogP contribution in [0.5, 0.6) is 5.88 Å². The highest BCUT2D eigenvalue weighted by molar-refractivity contribution is 7.98. The molecule has 76 valence electrons. The van der Waals surface area contributed by atoms with E-state index >= 15 is 0 Å². The Balaban J connectivity index is 2.71. The average molecular weight is 211 g/mol. The van der Waals surface area contributed by atoms with Gasteiger partial charge in [0.15, 0.2) is 5.16 Å². The van der Waals surface area contributed by atoms with Gasteiger partial charge in [-0.15, -0.1) is 0 Å². The van der Waals surface area contributed by atoms with E-state index in [4.69, 9.17) is 10.5 Å². The third-order valence-electron chi connectivity index (χ3n) is 1.45. The van der Waals surface area contributed by atoms with Gasteiger partial charge in [0.1, 0.15) is 12.4 Å². The minimum atomic E-state index is 0.430. The van der Waals surface area contributed by atoms with Crippen molar-refractivity contribution in [3.8, 4) is 5.88 Å². The van der Waals surface area contributed by atoms with Crippen molar-refractivity contribution in [1.82, 2.24) is 9.97 Å². The fourth-order valence-electron chi connectivity index (χ4n) is 0.816. The zero-order chi connectivity index (χ0) is 10.4. The summed E-state index contributed by atoms with van der Waals surface area (Å²) < 4.78 is 5.34. The van der Waals surface area contributed by atoms with Crippen molar-refractivity contribution in [3.63, 3.8) is 0 Å². The van der Waals surface area contributed by atoms with Crippen molar-refractivity contribution in [3.05, 3.63) is 18.2 Å². The summed E-state index contributed by atoms with van der Waals surface area (Å²) in [6, 6.07) is 1.61. The lowest BCUT2D eigenvalue weighted by molar-refractivity contribution is 0.344. The maximum Gasteiger partial charge on any atom is 0.219 e. The first-order valence-corrected chi connectivity index (χ1v) is 5.41. The van der Waals surface area contributed by atoms with Gasteiger partial charge in [-0.25, -0.2) is 4.98 Å². The van der Waals surface area contributed by atoms with Crippen molar-refractivity contribution >= 4 is 17.6 Å². The maximum atomic E-state index is 5.58. The van der Waals surface area contributed by atoms with Crippen molar-refractivity contribution < 1.29 is 4.74 Å². The fraction of sp³-hybridized carbons (Fsp3) is 0.333. The molecule has 0 bridgehead atoms. The highest BCUT2D eigenvalue weighted by atomic mass is 32.2. The van der Waals surface area contributed by atoms with E-state index in [9.17, 15) is 0 Å². The minimum absolute atomic E-state index is 0.430. The predicted octanol–water partition coefficient (Wildman–Crippen LogP) is 1.74. The van der Waals surface area contributed by atoms with Crippen LogP contribution in [0.2, 0.25) is 0 Å². The number of allylic oxidation sites excluding steroid dienone is 1. The molecule has 0 amide bonds. The van der Waals surface area contributed by atoms with Crippen LogP contribution in [-0.2, 0) is 0 Å². The van der Waals surface area contributed by atoms with Crippen LogP contribution in [-0.4, -0.2) is 22.8 Å². The third kappa shape index (κ3) is 3.26. The second kappa shape index (κ2) is 5.49. The van der Waals surface area contributed by atoms with Crippen LogP contribution in [0.25, 0.3) is 0 Å². The zero-order valence-corrected chi connectivity index (χ0v) is 9.04. The number of hydrogen-bond donors (Lipinski definition) is 1. The smallest absolute Gasteiger partial charge is 0.219 e. The number of nitrogen functional groups attached to an aromatic ring is 1. The van der Waals surface area contributed by atoms with E-state index in [0.717, 1.165) is 0 Å². The van der Waals surface area contributed by atoms with Crippen LogP contribution < -0.4 is 10.5 Å². The van der Waals surface area contributed by atoms with E-state index in [1.165, 1.54) is 11.8 Å². The van der Waals surface area contributed by atoms with Crippen LogP contribution in [0, 0.1) is 0 Å². The molecule has 0 aliphatic carbocycles. The Morgan fingerprint density at radius 3 is 3.00 bits per heavy atom. The lowest BCUT2D eigenvalue weighted by Crippen LogP contribution is -2.00. The standard InChI is InChI=1S/C9H13N3OS/c1-3-4-5-13-8-6-7(10)11-9(12-8)14-2/h3-4,6H,5H2,1-2H3,(H2,10,11,12)/b4-3+. The molecule has 5 heteroatoms. The van der Waals surface area contributed by atoms with Gasteiger partial charge >= 0.3 is 0 Å². The molecule has 0 saturated carbocycles. The zero-order valence-electron chi connectivity index (χ0n) is 8.23. The summed E-state index contributed by atoms with van der Waals surface area (Å²) in [5.74, 6) is 0.944. The normalized spacial score (nSPS) is 10.7. The Kier molecular flexibility index (Phi) is 4.25. The average Bonchev–Trinajstić information content (AvgIpc) is 2.17. The topological polar surface area (TPSA) is 61.0 Å². The number of nitrogens with zero attached hydrogens (tertiary/aromatic N) is 2. The Morgan fingerprint density at radius 2 is 2.36 bits per heavy atom. The lowest BCUT2D eigenvalue weighted by atomic mass is 10.5. The summed E-state index contributed by atoms with van der Waals surface area (Å²) in [5, 5.41) is 0.625. The van der Waals surface area contributed by atoms with Gasteiger partial charge in [0.25, 0.3) is 0 Å². The van der Waals surface area contributed by atoms with Crippen molar-refractivity contribution in [1.29, 1.82) is 0 Å². The molecule has 2 N–H and O–H groups in total. The molecule has 1 rings (SSSR count). The summed E-state index contributed by atoms with van der Waals surface area (Å²) >= 11 is 1.44. The molecule has 0 radical (unpaired) electrons. The number of hydrogen-bond acceptors (Lipinski definition) is 5. The molecule has 0 fully saturated rings. The molecule has 14 heavy (non-hydrogen) atoms. The Hall–Kier alpha value is -1.23. The largest absolute Gasteiger partial charge is 0.473 e. The van der Waals surface area contributed by atoms with Crippen molar-refractivity contribution in [2.75, 3.05) is 18.6 Å². The van der Waals surface area contributed by atoms with E-state index in [-0.39, 0.29) is 0 Å². The van der Waals surface area contributed by atoms with Crippen LogP contribution in [0.15, 0.2) is 23.4 Å². The van der Waals surface area contributed by atoms with Gasteiger partial charge in [0.05, 0.1) is 0 Å². The second-order valence-corrected chi connectivity index (χ2v) is 3.27. The monoisotopic (exact) mass is 211 g/mol. The number of anilines is 1. The maximum absolute atomic E-state index is 5.58. The summed E-state index contributed by atoms with van der Waals surface area (Å²) in [5.41, 5.74) is 5.58. The summed E-state index contributed by atoms with van der Waals surface area (Å²) in [6.07, 6.45) is 5.71. The summed E-state index contributed by atoms with van der Waals surface area (Å²) in [6.45, 7) is 2.44. The number of thioether (sulfide) groups is 1. The quantitative estimate of drug-likeness (QED) is 0.467. The van der Waals surface area contributed by atoms with Crippen molar-refractivity contribution in [2.24, 2.45) is 0 Å². The first-order chi connectivity index (χ1) is 6.76. The predicted molar refractivity (Wildman–Crippen MR) is 58.5 cm³/mol. The van der Waals surface area contributed by atoms with Crippen LogP contribution in [0.3, 0.4) is 0 Å². The van der Waals surface area contributed by atoms with Gasteiger partial charge in [0, 0.05) is 6.07 Å². The van der Waals surface area contributed by atoms with Gasteiger partial charge in [-0.2, -0.15) is 4.98 Å². The van der Waals surface area contributed by atoms with Gasteiger partial charge in [-0.05, 0) is 13.2 Å².